The Hall–Kier alpha value is -4.08. The number of amides is 1. The molecule has 0 atom stereocenters. The molecule has 162 valence electrons. The summed E-state index contributed by atoms with van der Waals surface area (Å²) in [5.41, 5.74) is 1.82. The molecule has 1 saturated heterocycles. The molecule has 1 aliphatic heterocycles. The Bertz CT molecular complexity index is 1430. The Morgan fingerprint density at radius 3 is 2.50 bits per heavy atom. The van der Waals surface area contributed by atoms with Gasteiger partial charge in [-0.3, -0.25) is 24.2 Å². The third-order valence-corrected chi connectivity index (χ3v) is 5.94. The molecule has 1 aromatic carbocycles. The number of H-pyrrole nitrogens is 1. The molecule has 0 spiro atoms. The fourth-order valence-electron chi connectivity index (χ4n) is 4.24. The van der Waals surface area contributed by atoms with Crippen LogP contribution in [0.15, 0.2) is 38.9 Å². The lowest BCUT2D eigenvalue weighted by atomic mass is 10.0. The maximum Gasteiger partial charge on any atom is 0.295 e. The van der Waals surface area contributed by atoms with E-state index in [0.29, 0.717) is 24.0 Å². The van der Waals surface area contributed by atoms with Crippen molar-refractivity contribution < 1.29 is 14.0 Å². The van der Waals surface area contributed by atoms with Crippen LogP contribution in [0.4, 0.5) is 5.69 Å². The largest absolute Gasteiger partial charge is 0.444 e. The van der Waals surface area contributed by atoms with Crippen molar-refractivity contribution in [2.24, 2.45) is 0 Å². The summed E-state index contributed by atoms with van der Waals surface area (Å²) in [4.78, 5) is 64.6. The van der Waals surface area contributed by atoms with Crippen LogP contribution in [-0.2, 0) is 4.79 Å². The van der Waals surface area contributed by atoms with Crippen LogP contribution in [0.3, 0.4) is 0 Å². The number of hydrogen-bond acceptors (Lipinski definition) is 8. The quantitative estimate of drug-likeness (QED) is 0.372. The summed E-state index contributed by atoms with van der Waals surface area (Å²) in [7, 11) is 0. The zero-order valence-electron chi connectivity index (χ0n) is 17.5. The number of rotatable bonds is 4. The first kappa shape index (κ1) is 19.9. The molecular formula is C22H19N5O5. The van der Waals surface area contributed by atoms with Crippen LogP contribution in [0.2, 0.25) is 0 Å². The predicted octanol–water partition coefficient (Wildman–Crippen LogP) is 0.962. The third kappa shape index (κ3) is 2.87. The predicted molar refractivity (Wildman–Crippen MR) is 116 cm³/mol. The molecule has 1 N–H and O–H groups in total. The summed E-state index contributed by atoms with van der Waals surface area (Å²) >= 11 is 0. The second-order valence-electron chi connectivity index (χ2n) is 7.81. The van der Waals surface area contributed by atoms with Crippen LogP contribution in [0.25, 0.3) is 22.4 Å². The van der Waals surface area contributed by atoms with E-state index in [-0.39, 0.29) is 30.2 Å². The normalized spacial score (nSPS) is 14.4. The van der Waals surface area contributed by atoms with E-state index in [1.54, 1.807) is 17.3 Å². The minimum Gasteiger partial charge on any atom is -0.444 e. The molecule has 0 unspecified atom stereocenters. The van der Waals surface area contributed by atoms with Crippen LogP contribution < -0.4 is 15.8 Å². The highest BCUT2D eigenvalue weighted by molar-refractivity contribution is 6.45. The molecule has 10 nitrogen and oxygen atoms in total. The number of Topliss-reactive ketones (excluding diaryl/α,β-unsaturated/α-hetero) is 1. The first-order valence-electron chi connectivity index (χ1n) is 10.1. The fourth-order valence-corrected chi connectivity index (χ4v) is 4.24. The maximum atomic E-state index is 13.0. The van der Waals surface area contributed by atoms with E-state index in [9.17, 15) is 19.2 Å². The van der Waals surface area contributed by atoms with Gasteiger partial charge in [-0.05, 0) is 19.4 Å². The summed E-state index contributed by atoms with van der Waals surface area (Å²) in [5.74, 6) is -1.08. The lowest BCUT2D eigenvalue weighted by Crippen LogP contribution is -2.54. The topological polar surface area (TPSA) is 129 Å². The van der Waals surface area contributed by atoms with E-state index in [2.05, 4.69) is 15.0 Å². The Labute approximate surface area is 181 Å². The average molecular weight is 433 g/mol. The standard InChI is InChI=1S/C22H19N5O5/c1-11-9-24-12(2)16-14(11)13(10-25-16)18(28)22(31)27-6-4-26(5-7-27)17-15(19(29)20(17)30)21-23-3-8-32-21/h3,8-10,25H,4-7H2,1-2H3. The highest BCUT2D eigenvalue weighted by atomic mass is 16.3. The molecule has 4 aromatic rings. The van der Waals surface area contributed by atoms with Crippen molar-refractivity contribution in [1.82, 2.24) is 19.9 Å². The Morgan fingerprint density at radius 1 is 1.06 bits per heavy atom. The van der Waals surface area contributed by atoms with Gasteiger partial charge in [-0.1, -0.05) is 0 Å². The zero-order valence-corrected chi connectivity index (χ0v) is 17.5. The van der Waals surface area contributed by atoms with Crippen molar-refractivity contribution in [1.29, 1.82) is 0 Å². The van der Waals surface area contributed by atoms with E-state index < -0.39 is 22.5 Å². The van der Waals surface area contributed by atoms with Crippen LogP contribution in [0.1, 0.15) is 21.6 Å². The van der Waals surface area contributed by atoms with Gasteiger partial charge in [0.15, 0.2) is 0 Å². The molecular weight excluding hydrogens is 414 g/mol. The Kier molecular flexibility index (Phi) is 4.50. The first-order valence-corrected chi connectivity index (χ1v) is 10.1. The van der Waals surface area contributed by atoms with Gasteiger partial charge < -0.3 is 19.2 Å². The van der Waals surface area contributed by atoms with Crippen LogP contribution in [0.5, 0.6) is 0 Å². The molecule has 32 heavy (non-hydrogen) atoms. The molecule has 1 amide bonds. The molecule has 1 aliphatic rings. The van der Waals surface area contributed by atoms with E-state index in [0.717, 1.165) is 16.8 Å². The molecule has 0 aliphatic carbocycles. The van der Waals surface area contributed by atoms with E-state index in [1.165, 1.54) is 17.4 Å². The summed E-state index contributed by atoms with van der Waals surface area (Å²) in [6, 6.07) is 0. The summed E-state index contributed by atoms with van der Waals surface area (Å²) in [6.45, 7) is 4.80. The molecule has 3 aromatic heterocycles. The van der Waals surface area contributed by atoms with Crippen molar-refractivity contribution in [3.8, 4) is 11.5 Å². The monoisotopic (exact) mass is 433 g/mol. The number of nitrogens with zero attached hydrogens (tertiary/aromatic N) is 4. The number of carbonyl (C=O) groups excluding carboxylic acids is 2. The number of aromatic amines is 1. The number of ketones is 1. The number of pyridine rings is 1. The summed E-state index contributed by atoms with van der Waals surface area (Å²) in [6.07, 6.45) is 5.97. The lowest BCUT2D eigenvalue weighted by molar-refractivity contribution is -0.126. The number of anilines is 1. The van der Waals surface area contributed by atoms with Gasteiger partial charge in [0.05, 0.1) is 23.0 Å². The SMILES string of the molecule is Cc1ncc(C)c2c(C(=O)C(=O)N3CCN(c4c(-c5ncco5)c(=O)c4=O)CC3)c[nH]c12. The Morgan fingerprint density at radius 2 is 1.81 bits per heavy atom. The van der Waals surface area contributed by atoms with Crippen LogP contribution >= 0.6 is 0 Å². The van der Waals surface area contributed by atoms with Crippen LogP contribution in [0, 0.1) is 13.8 Å². The smallest absolute Gasteiger partial charge is 0.295 e. The highest BCUT2D eigenvalue weighted by Crippen LogP contribution is 2.27. The number of piperazine rings is 1. The third-order valence-electron chi connectivity index (χ3n) is 5.94. The van der Waals surface area contributed by atoms with Crippen molar-refractivity contribution in [3.05, 3.63) is 62.1 Å². The number of oxazole rings is 1. The molecule has 4 heterocycles. The van der Waals surface area contributed by atoms with Crippen LogP contribution in [-0.4, -0.2) is 57.7 Å². The Balaban J connectivity index is 1.34. The molecule has 0 bridgehead atoms. The van der Waals surface area contributed by atoms with Crippen molar-refractivity contribution in [3.63, 3.8) is 0 Å². The van der Waals surface area contributed by atoms with Gasteiger partial charge in [-0.15, -0.1) is 0 Å². The van der Waals surface area contributed by atoms with Gasteiger partial charge in [-0.25, -0.2) is 4.98 Å². The van der Waals surface area contributed by atoms with E-state index in [1.807, 2.05) is 13.8 Å². The van der Waals surface area contributed by atoms with Gasteiger partial charge in [0.1, 0.15) is 17.5 Å². The number of nitrogens with one attached hydrogen (secondary N) is 1. The summed E-state index contributed by atoms with van der Waals surface area (Å²) < 4.78 is 5.18. The second-order valence-corrected chi connectivity index (χ2v) is 7.81. The molecule has 5 rings (SSSR count). The average Bonchev–Trinajstić information content (AvgIpc) is 3.49. The minimum absolute atomic E-state index is 0.109. The zero-order chi connectivity index (χ0) is 22.6. The van der Waals surface area contributed by atoms with Crippen molar-refractivity contribution in [2.75, 3.05) is 31.1 Å². The van der Waals surface area contributed by atoms with Crippen molar-refractivity contribution in [2.45, 2.75) is 13.8 Å². The highest BCUT2D eigenvalue weighted by Gasteiger charge is 2.34. The number of aromatic nitrogens is 3. The number of hydrogen-bond donors (Lipinski definition) is 1. The molecule has 0 saturated carbocycles. The maximum absolute atomic E-state index is 13.0. The van der Waals surface area contributed by atoms with Gasteiger partial charge >= 0.3 is 0 Å². The van der Waals surface area contributed by atoms with Gasteiger partial charge in [-0.2, -0.15) is 0 Å². The van der Waals surface area contributed by atoms with Crippen molar-refractivity contribution >= 4 is 28.3 Å². The molecule has 10 heteroatoms. The molecule has 1 fully saturated rings. The van der Waals surface area contributed by atoms with Gasteiger partial charge in [0.25, 0.3) is 17.1 Å². The number of aryl methyl sites for hydroxylation is 2. The first-order chi connectivity index (χ1) is 15.4. The minimum atomic E-state index is -0.629. The van der Waals surface area contributed by atoms with E-state index in [4.69, 9.17) is 4.42 Å². The number of carbonyl (C=O) groups is 2. The molecule has 0 radical (unpaired) electrons. The van der Waals surface area contributed by atoms with Gasteiger partial charge in [0.2, 0.25) is 11.3 Å². The second kappa shape index (κ2) is 7.26. The summed E-state index contributed by atoms with van der Waals surface area (Å²) in [5, 5.41) is 0.703. The van der Waals surface area contributed by atoms with Gasteiger partial charge in [0, 0.05) is 44.0 Å². The van der Waals surface area contributed by atoms with E-state index >= 15 is 0 Å². The lowest BCUT2D eigenvalue weighted by Gasteiger charge is -2.36. The number of fused-ring (bicyclic) bond motifs is 1. The fraction of sp³-hybridized carbons (Fsp3) is 0.273.